The van der Waals surface area contributed by atoms with E-state index in [-0.39, 0.29) is 11.5 Å². The van der Waals surface area contributed by atoms with Crippen LogP contribution in [0.2, 0.25) is 0 Å². The predicted octanol–water partition coefficient (Wildman–Crippen LogP) is 4.71. The number of benzene rings is 2. The van der Waals surface area contributed by atoms with E-state index in [4.69, 9.17) is 18.9 Å². The van der Waals surface area contributed by atoms with Gasteiger partial charge in [-0.15, -0.1) is 0 Å². The summed E-state index contributed by atoms with van der Waals surface area (Å²) >= 11 is 2.42. The van der Waals surface area contributed by atoms with Crippen LogP contribution in [0.3, 0.4) is 0 Å². The number of ketones is 1. The standard InChI is InChI=1S/C29H35IN2O5/c1-34-19-37-15-12-21(30)18-31-14-13-29-23-6-4-5-7-24(23)32(28(29)25(33)10-11-27(29)31)17-20-8-9-22(35-2)16-26(20)36-3/h4-9,12,16,27-28H,10-11,13-15,17-19H2,1-3H3/b21-12-/t27-,28-,29+/m0/s1. The van der Waals surface area contributed by atoms with Crippen molar-refractivity contribution in [2.24, 2.45) is 0 Å². The first-order valence-corrected chi connectivity index (χ1v) is 13.9. The molecule has 198 valence electrons. The molecule has 2 heterocycles. The van der Waals surface area contributed by atoms with Crippen LogP contribution in [0, 0.1) is 0 Å². The highest BCUT2D eigenvalue weighted by Gasteiger charge is 2.63. The molecule has 2 aliphatic heterocycles. The fourth-order valence-electron chi connectivity index (χ4n) is 6.68. The van der Waals surface area contributed by atoms with Crippen LogP contribution >= 0.6 is 22.6 Å². The molecule has 2 aromatic carbocycles. The molecule has 1 spiro atoms. The fourth-order valence-corrected chi connectivity index (χ4v) is 7.30. The van der Waals surface area contributed by atoms with Crippen molar-refractivity contribution in [2.45, 2.75) is 43.3 Å². The van der Waals surface area contributed by atoms with Gasteiger partial charge >= 0.3 is 0 Å². The molecule has 5 rings (SSSR count). The number of Topliss-reactive ketones (excluding diaryl/α,β-unsaturated/α-hetero) is 1. The Kier molecular flexibility index (Phi) is 8.09. The van der Waals surface area contributed by atoms with Gasteiger partial charge in [0.2, 0.25) is 0 Å². The maximum absolute atomic E-state index is 13.7. The van der Waals surface area contributed by atoms with Crippen LogP contribution in [0.25, 0.3) is 0 Å². The molecule has 37 heavy (non-hydrogen) atoms. The number of hydrogen-bond donors (Lipinski definition) is 0. The third-order valence-electron chi connectivity index (χ3n) is 8.14. The largest absolute Gasteiger partial charge is 0.497 e. The lowest BCUT2D eigenvalue weighted by Crippen LogP contribution is -2.59. The lowest BCUT2D eigenvalue weighted by molar-refractivity contribution is -0.124. The number of hydrogen-bond acceptors (Lipinski definition) is 7. The van der Waals surface area contributed by atoms with Gasteiger partial charge in [0, 0.05) is 59.0 Å². The van der Waals surface area contributed by atoms with Gasteiger partial charge in [-0.25, -0.2) is 0 Å². The highest BCUT2D eigenvalue weighted by molar-refractivity contribution is 14.1. The van der Waals surface area contributed by atoms with Gasteiger partial charge < -0.3 is 23.8 Å². The summed E-state index contributed by atoms with van der Waals surface area (Å²) in [7, 11) is 4.97. The highest BCUT2D eigenvalue weighted by atomic mass is 127. The summed E-state index contributed by atoms with van der Waals surface area (Å²) < 4.78 is 22.8. The van der Waals surface area contributed by atoms with E-state index >= 15 is 0 Å². The minimum Gasteiger partial charge on any atom is -0.497 e. The number of rotatable bonds is 10. The molecule has 2 aromatic rings. The van der Waals surface area contributed by atoms with Gasteiger partial charge in [-0.1, -0.05) is 18.2 Å². The minimum absolute atomic E-state index is 0.174. The number of carbonyl (C=O) groups excluding carboxylic acids is 1. The van der Waals surface area contributed by atoms with Crippen molar-refractivity contribution in [1.29, 1.82) is 0 Å². The van der Waals surface area contributed by atoms with Gasteiger partial charge in [-0.05, 0) is 71.8 Å². The number of carbonyl (C=O) groups is 1. The monoisotopic (exact) mass is 618 g/mol. The molecular weight excluding hydrogens is 583 g/mol. The maximum Gasteiger partial charge on any atom is 0.156 e. The van der Waals surface area contributed by atoms with E-state index in [9.17, 15) is 4.79 Å². The van der Waals surface area contributed by atoms with E-state index in [0.29, 0.717) is 38.2 Å². The van der Waals surface area contributed by atoms with E-state index in [0.717, 1.165) is 43.0 Å². The summed E-state index contributed by atoms with van der Waals surface area (Å²) in [5, 5.41) is 0. The second kappa shape index (κ2) is 11.3. The SMILES string of the molecule is COCOC/C=C(\I)CN1CC[C@]23c4ccccc4N(Cc4ccc(OC)cc4OC)[C@H]2C(=O)CC[C@H]13. The number of anilines is 1. The van der Waals surface area contributed by atoms with Crippen molar-refractivity contribution in [3.8, 4) is 11.5 Å². The number of methoxy groups -OCH3 is 3. The summed E-state index contributed by atoms with van der Waals surface area (Å²) in [5.74, 6) is 1.88. The summed E-state index contributed by atoms with van der Waals surface area (Å²) in [5.41, 5.74) is 3.34. The highest BCUT2D eigenvalue weighted by Crippen LogP contribution is 2.57. The van der Waals surface area contributed by atoms with Crippen LogP contribution in [-0.2, 0) is 26.2 Å². The first-order valence-electron chi connectivity index (χ1n) is 12.8. The molecule has 2 fully saturated rings. The van der Waals surface area contributed by atoms with E-state index in [1.807, 2.05) is 12.1 Å². The van der Waals surface area contributed by atoms with Crippen molar-refractivity contribution < 1.29 is 23.7 Å². The van der Waals surface area contributed by atoms with Gasteiger partial charge in [0.15, 0.2) is 5.78 Å². The lowest BCUT2D eigenvalue weighted by atomic mass is 9.64. The molecule has 3 atom stereocenters. The molecule has 8 heteroatoms. The normalized spacial score (nSPS) is 25.1. The van der Waals surface area contributed by atoms with E-state index in [2.05, 4.69) is 68.8 Å². The lowest BCUT2D eigenvalue weighted by Gasteiger charge is -2.45. The van der Waals surface area contributed by atoms with E-state index in [1.165, 1.54) is 14.8 Å². The molecule has 7 nitrogen and oxygen atoms in total. The van der Waals surface area contributed by atoms with Crippen LogP contribution in [0.5, 0.6) is 11.5 Å². The molecular formula is C29H35IN2O5. The first-order chi connectivity index (χ1) is 18.0. The minimum atomic E-state index is -0.199. The Morgan fingerprint density at radius 1 is 1.16 bits per heavy atom. The Bertz CT molecular complexity index is 1170. The van der Waals surface area contributed by atoms with Crippen molar-refractivity contribution in [3.63, 3.8) is 0 Å². The number of para-hydroxylation sites is 1. The van der Waals surface area contributed by atoms with Crippen molar-refractivity contribution in [3.05, 3.63) is 63.2 Å². The predicted molar refractivity (Wildman–Crippen MR) is 152 cm³/mol. The number of nitrogens with zero attached hydrogens (tertiary/aromatic N) is 2. The van der Waals surface area contributed by atoms with E-state index < -0.39 is 0 Å². The molecule has 0 radical (unpaired) electrons. The number of halogens is 1. The van der Waals surface area contributed by atoms with Gasteiger partial charge in [0.25, 0.3) is 0 Å². The van der Waals surface area contributed by atoms with Crippen LogP contribution in [-0.4, -0.2) is 70.6 Å². The molecule has 1 aliphatic carbocycles. The van der Waals surface area contributed by atoms with Crippen LogP contribution in [0.15, 0.2) is 52.1 Å². The zero-order valence-corrected chi connectivity index (χ0v) is 23.9. The Morgan fingerprint density at radius 3 is 2.78 bits per heavy atom. The number of likely N-dealkylation sites (tertiary alicyclic amines) is 1. The maximum atomic E-state index is 13.7. The Morgan fingerprint density at radius 2 is 2.00 bits per heavy atom. The van der Waals surface area contributed by atoms with Crippen molar-refractivity contribution >= 4 is 34.1 Å². The van der Waals surface area contributed by atoms with Crippen LogP contribution in [0.1, 0.15) is 30.4 Å². The van der Waals surface area contributed by atoms with Crippen LogP contribution < -0.4 is 14.4 Å². The average molecular weight is 619 g/mol. The number of ether oxygens (including phenoxy) is 4. The van der Waals surface area contributed by atoms with Crippen LogP contribution in [0.4, 0.5) is 5.69 Å². The molecule has 0 unspecified atom stereocenters. The van der Waals surface area contributed by atoms with Gasteiger partial charge in [0.05, 0.1) is 26.9 Å². The molecule has 3 aliphatic rings. The smallest absolute Gasteiger partial charge is 0.156 e. The summed E-state index contributed by atoms with van der Waals surface area (Å²) in [6, 6.07) is 14.7. The van der Waals surface area contributed by atoms with E-state index in [1.54, 1.807) is 21.3 Å². The van der Waals surface area contributed by atoms with Gasteiger partial charge in [-0.3, -0.25) is 9.69 Å². The van der Waals surface area contributed by atoms with Crippen molar-refractivity contribution in [1.82, 2.24) is 4.90 Å². The first kappa shape index (κ1) is 26.5. The van der Waals surface area contributed by atoms with Gasteiger partial charge in [-0.2, -0.15) is 0 Å². The Hall–Kier alpha value is -2.14. The summed E-state index contributed by atoms with van der Waals surface area (Å²) in [6.07, 6.45) is 4.61. The molecule has 0 bridgehead atoms. The quantitative estimate of drug-likeness (QED) is 0.217. The molecule has 1 saturated heterocycles. The molecule has 0 aromatic heterocycles. The Balaban J connectivity index is 1.47. The fraction of sp³-hybridized carbons (Fsp3) is 0.483. The average Bonchev–Trinajstić information content (AvgIpc) is 3.42. The molecule has 0 amide bonds. The zero-order valence-electron chi connectivity index (χ0n) is 21.7. The third kappa shape index (κ3) is 4.77. The molecule has 1 saturated carbocycles. The summed E-state index contributed by atoms with van der Waals surface area (Å²) in [4.78, 5) is 18.6. The number of fused-ring (bicyclic) bond motifs is 1. The Labute approximate surface area is 232 Å². The zero-order chi connectivity index (χ0) is 26.0. The van der Waals surface area contributed by atoms with Gasteiger partial charge in [0.1, 0.15) is 18.3 Å². The second-order valence-corrected chi connectivity index (χ2v) is 11.3. The topological polar surface area (TPSA) is 60.5 Å². The summed E-state index contributed by atoms with van der Waals surface area (Å²) in [6.45, 7) is 3.30. The van der Waals surface area contributed by atoms with Crippen molar-refractivity contribution in [2.75, 3.05) is 52.7 Å². The second-order valence-electron chi connectivity index (χ2n) is 9.94. The molecule has 0 N–H and O–H groups in total. The third-order valence-corrected chi connectivity index (χ3v) is 8.93.